The number of aromatic amines is 1. The van der Waals surface area contributed by atoms with Crippen molar-refractivity contribution in [2.75, 3.05) is 0 Å². The van der Waals surface area contributed by atoms with Crippen molar-refractivity contribution >= 4 is 32.8 Å². The molecule has 0 bridgehead atoms. The number of fused-ring (bicyclic) bond motifs is 4. The van der Waals surface area contributed by atoms with Crippen LogP contribution in [0.15, 0.2) is 48.8 Å². The molecule has 80 valence electrons. The van der Waals surface area contributed by atoms with Crippen LogP contribution in [0.2, 0.25) is 0 Å². The van der Waals surface area contributed by atoms with Gasteiger partial charge in [-0.15, -0.1) is 0 Å². The number of H-pyrrole nitrogens is 1. The molecule has 1 aromatic carbocycles. The largest absolute Gasteiger partial charge is 0.339 e. The molecule has 17 heavy (non-hydrogen) atoms. The molecular weight excluding hydrogens is 210 g/mol. The molecule has 3 aromatic heterocycles. The van der Waals surface area contributed by atoms with Gasteiger partial charge in [0.2, 0.25) is 0 Å². The number of hydrogen-bond acceptors (Lipinski definition) is 2. The Morgan fingerprint density at radius 2 is 1.94 bits per heavy atom. The van der Waals surface area contributed by atoms with Crippen LogP contribution in [0.4, 0.5) is 0 Å². The molecule has 0 aliphatic heterocycles. The van der Waals surface area contributed by atoms with E-state index < -0.39 is 0 Å². The summed E-state index contributed by atoms with van der Waals surface area (Å²) in [6, 6.07) is 12.3. The summed E-state index contributed by atoms with van der Waals surface area (Å²) in [6.07, 6.45) is 3.62. The van der Waals surface area contributed by atoms with Crippen molar-refractivity contribution in [3.8, 4) is 0 Å². The first kappa shape index (κ1) is 8.70. The van der Waals surface area contributed by atoms with E-state index >= 15 is 0 Å². The third-order valence-electron chi connectivity index (χ3n) is 3.09. The van der Waals surface area contributed by atoms with Gasteiger partial charge in [-0.25, -0.2) is 4.98 Å². The van der Waals surface area contributed by atoms with Crippen LogP contribution in [-0.2, 0) is 0 Å². The first-order valence-electron chi connectivity index (χ1n) is 5.53. The molecule has 4 aromatic rings. The first-order valence-corrected chi connectivity index (χ1v) is 5.53. The lowest BCUT2D eigenvalue weighted by atomic mass is 10.1. The minimum absolute atomic E-state index is 0.935. The van der Waals surface area contributed by atoms with Crippen molar-refractivity contribution in [1.82, 2.24) is 15.0 Å². The zero-order chi connectivity index (χ0) is 11.2. The van der Waals surface area contributed by atoms with Crippen molar-refractivity contribution in [3.05, 3.63) is 48.8 Å². The van der Waals surface area contributed by atoms with Gasteiger partial charge in [0, 0.05) is 34.1 Å². The van der Waals surface area contributed by atoms with Crippen molar-refractivity contribution < 1.29 is 0 Å². The van der Waals surface area contributed by atoms with Crippen molar-refractivity contribution in [2.24, 2.45) is 0 Å². The fraction of sp³-hybridized carbons (Fsp3) is 0. The van der Waals surface area contributed by atoms with Crippen molar-refractivity contribution in [2.45, 2.75) is 0 Å². The monoisotopic (exact) mass is 219 g/mol. The van der Waals surface area contributed by atoms with Gasteiger partial charge in [0.1, 0.15) is 5.65 Å². The van der Waals surface area contributed by atoms with Gasteiger partial charge in [-0.3, -0.25) is 4.98 Å². The summed E-state index contributed by atoms with van der Waals surface area (Å²) in [7, 11) is 0. The molecular formula is C14H9N3. The van der Waals surface area contributed by atoms with E-state index in [0.717, 1.165) is 27.5 Å². The fourth-order valence-electron chi connectivity index (χ4n) is 2.27. The van der Waals surface area contributed by atoms with E-state index in [-0.39, 0.29) is 0 Å². The molecule has 3 nitrogen and oxygen atoms in total. The maximum Gasteiger partial charge on any atom is 0.139 e. The SMILES string of the molecule is c1ccc2c(c1)[nH]c1nc3ccncc3cc12. The molecule has 0 fully saturated rings. The number of pyridine rings is 2. The van der Waals surface area contributed by atoms with E-state index in [1.54, 1.807) is 6.20 Å². The van der Waals surface area contributed by atoms with Crippen LogP contribution in [0, 0.1) is 0 Å². The first-order chi connectivity index (χ1) is 8.42. The van der Waals surface area contributed by atoms with Gasteiger partial charge in [-0.2, -0.15) is 0 Å². The third kappa shape index (κ3) is 1.16. The van der Waals surface area contributed by atoms with Gasteiger partial charge in [0.15, 0.2) is 0 Å². The highest BCUT2D eigenvalue weighted by molar-refractivity contribution is 6.09. The van der Waals surface area contributed by atoms with E-state index in [4.69, 9.17) is 0 Å². The summed E-state index contributed by atoms with van der Waals surface area (Å²) in [5.41, 5.74) is 3.03. The lowest BCUT2D eigenvalue weighted by Crippen LogP contribution is -1.81. The van der Waals surface area contributed by atoms with Crippen molar-refractivity contribution in [1.29, 1.82) is 0 Å². The molecule has 3 heterocycles. The Balaban J connectivity index is 2.28. The molecule has 0 saturated carbocycles. The zero-order valence-electron chi connectivity index (χ0n) is 9.01. The Morgan fingerprint density at radius 1 is 1.00 bits per heavy atom. The van der Waals surface area contributed by atoms with Gasteiger partial charge >= 0.3 is 0 Å². The average molecular weight is 219 g/mol. The Bertz CT molecular complexity index is 840. The van der Waals surface area contributed by atoms with Crippen LogP contribution in [0.1, 0.15) is 0 Å². The van der Waals surface area contributed by atoms with E-state index in [1.807, 2.05) is 24.4 Å². The van der Waals surface area contributed by atoms with Crippen LogP contribution in [0.3, 0.4) is 0 Å². The Kier molecular flexibility index (Phi) is 1.56. The minimum Gasteiger partial charge on any atom is -0.339 e. The molecule has 0 aliphatic carbocycles. The highest BCUT2D eigenvalue weighted by atomic mass is 14.9. The van der Waals surface area contributed by atoms with E-state index in [2.05, 4.69) is 33.2 Å². The molecule has 0 saturated heterocycles. The summed E-state index contributed by atoms with van der Waals surface area (Å²) in [6.45, 7) is 0. The van der Waals surface area contributed by atoms with E-state index in [9.17, 15) is 0 Å². The summed E-state index contributed by atoms with van der Waals surface area (Å²) in [4.78, 5) is 12.1. The zero-order valence-corrected chi connectivity index (χ0v) is 9.01. The Labute approximate surface area is 97.1 Å². The molecule has 4 rings (SSSR count). The predicted octanol–water partition coefficient (Wildman–Crippen LogP) is 3.26. The highest BCUT2D eigenvalue weighted by Crippen LogP contribution is 2.26. The fourth-order valence-corrected chi connectivity index (χ4v) is 2.27. The van der Waals surface area contributed by atoms with Gasteiger partial charge in [-0.1, -0.05) is 18.2 Å². The van der Waals surface area contributed by atoms with Crippen LogP contribution < -0.4 is 0 Å². The average Bonchev–Trinajstić information content (AvgIpc) is 2.73. The molecule has 0 spiro atoms. The number of nitrogens with one attached hydrogen (secondary N) is 1. The van der Waals surface area contributed by atoms with Crippen LogP contribution >= 0.6 is 0 Å². The summed E-state index contributed by atoms with van der Waals surface area (Å²) < 4.78 is 0. The molecule has 0 unspecified atom stereocenters. The van der Waals surface area contributed by atoms with Gasteiger partial charge in [0.25, 0.3) is 0 Å². The number of benzene rings is 1. The van der Waals surface area contributed by atoms with Crippen LogP contribution in [0.25, 0.3) is 32.8 Å². The summed E-state index contributed by atoms with van der Waals surface area (Å²) in [5.74, 6) is 0. The van der Waals surface area contributed by atoms with E-state index in [1.165, 1.54) is 5.39 Å². The minimum atomic E-state index is 0.935. The second-order valence-electron chi connectivity index (χ2n) is 4.12. The summed E-state index contributed by atoms with van der Waals surface area (Å²) in [5, 5.41) is 3.44. The molecule has 0 aliphatic rings. The molecule has 0 radical (unpaired) electrons. The Morgan fingerprint density at radius 3 is 2.94 bits per heavy atom. The highest BCUT2D eigenvalue weighted by Gasteiger charge is 2.05. The lowest BCUT2D eigenvalue weighted by molar-refractivity contribution is 1.33. The third-order valence-corrected chi connectivity index (χ3v) is 3.09. The molecule has 0 atom stereocenters. The second kappa shape index (κ2) is 3.04. The number of nitrogens with zero attached hydrogens (tertiary/aromatic N) is 2. The molecule has 1 N–H and O–H groups in total. The van der Waals surface area contributed by atoms with Gasteiger partial charge in [-0.05, 0) is 18.2 Å². The van der Waals surface area contributed by atoms with Crippen molar-refractivity contribution in [3.63, 3.8) is 0 Å². The molecule has 0 amide bonds. The smallest absolute Gasteiger partial charge is 0.139 e. The predicted molar refractivity (Wildman–Crippen MR) is 68.9 cm³/mol. The standard InChI is InChI=1S/C14H9N3/c1-2-4-13-10(3-1)11-7-9-8-15-6-5-12(9)16-14(11)17-13/h1-8H,(H,16,17). The number of rotatable bonds is 0. The number of hydrogen-bond donors (Lipinski definition) is 1. The van der Waals surface area contributed by atoms with Crippen LogP contribution in [-0.4, -0.2) is 15.0 Å². The van der Waals surface area contributed by atoms with Gasteiger partial charge in [0.05, 0.1) is 5.52 Å². The van der Waals surface area contributed by atoms with Crippen LogP contribution in [0.5, 0.6) is 0 Å². The van der Waals surface area contributed by atoms with E-state index in [0.29, 0.717) is 0 Å². The quantitative estimate of drug-likeness (QED) is 0.493. The second-order valence-corrected chi connectivity index (χ2v) is 4.12. The lowest BCUT2D eigenvalue weighted by Gasteiger charge is -1.96. The number of para-hydroxylation sites is 1. The Hall–Kier alpha value is -2.42. The van der Waals surface area contributed by atoms with Gasteiger partial charge < -0.3 is 4.98 Å². The topological polar surface area (TPSA) is 41.6 Å². The number of aromatic nitrogens is 3. The maximum absolute atomic E-state index is 4.62. The summed E-state index contributed by atoms with van der Waals surface area (Å²) >= 11 is 0. The maximum atomic E-state index is 4.62. The molecule has 3 heteroatoms. The normalized spacial score (nSPS) is 11.5.